The molecule has 0 atom stereocenters. The van der Waals surface area contributed by atoms with Gasteiger partial charge in [0.25, 0.3) is 0 Å². The van der Waals surface area contributed by atoms with Gasteiger partial charge in [-0.2, -0.15) is 0 Å². The van der Waals surface area contributed by atoms with Gasteiger partial charge < -0.3 is 0 Å². The zero-order valence-corrected chi connectivity index (χ0v) is 14.5. The largest absolute Gasteiger partial charge is 0.256 e. The third kappa shape index (κ3) is 1.95. The van der Waals surface area contributed by atoms with Crippen LogP contribution in [0.4, 0.5) is 10.1 Å². The van der Waals surface area contributed by atoms with Crippen molar-refractivity contribution in [1.29, 1.82) is 0 Å². The van der Waals surface area contributed by atoms with Crippen molar-refractivity contribution < 1.29 is 4.39 Å². The molecule has 4 rings (SSSR count). The molecule has 0 unspecified atom stereocenters. The molecule has 24 heavy (non-hydrogen) atoms. The summed E-state index contributed by atoms with van der Waals surface area (Å²) >= 11 is 0. The molecule has 0 N–H and O–H groups in total. The highest BCUT2D eigenvalue weighted by molar-refractivity contribution is 7.04. The van der Waals surface area contributed by atoms with E-state index in [0.717, 1.165) is 27.6 Å². The third-order valence-electron chi connectivity index (χ3n) is 4.80. The van der Waals surface area contributed by atoms with Gasteiger partial charge in [0.1, 0.15) is 13.9 Å². The summed E-state index contributed by atoms with van der Waals surface area (Å²) in [6.45, 7) is 11.7. The minimum atomic E-state index is -2.03. The van der Waals surface area contributed by atoms with E-state index in [1.165, 1.54) is 11.3 Å². The summed E-state index contributed by atoms with van der Waals surface area (Å²) < 4.78 is 14.2. The van der Waals surface area contributed by atoms with Crippen LogP contribution in [-0.2, 0) is 0 Å². The van der Waals surface area contributed by atoms with Crippen molar-refractivity contribution in [2.24, 2.45) is 0 Å². The fourth-order valence-corrected chi connectivity index (χ4v) is 7.13. The average Bonchev–Trinajstić information content (AvgIpc) is 2.82. The van der Waals surface area contributed by atoms with Crippen LogP contribution in [0.3, 0.4) is 0 Å². The molecule has 1 aliphatic rings. The van der Waals surface area contributed by atoms with E-state index in [9.17, 15) is 4.39 Å². The summed E-state index contributed by atoms with van der Waals surface area (Å²) in [5.74, 6) is -0.440. The average molecular weight is 330 g/mol. The van der Waals surface area contributed by atoms with Crippen molar-refractivity contribution in [1.82, 2.24) is 4.98 Å². The minimum absolute atomic E-state index is 0.113. The molecule has 4 heteroatoms. The predicted molar refractivity (Wildman–Crippen MR) is 98.1 cm³/mol. The highest BCUT2D eigenvalue weighted by atomic mass is 28.3. The molecule has 1 aromatic heterocycles. The van der Waals surface area contributed by atoms with Crippen LogP contribution in [0.15, 0.2) is 54.7 Å². The second-order valence-electron chi connectivity index (χ2n) is 6.53. The predicted octanol–water partition coefficient (Wildman–Crippen LogP) is 4.24. The molecule has 3 aromatic rings. The molecular formula is C20H15FN2Si. The van der Waals surface area contributed by atoms with Crippen LogP contribution in [0.2, 0.25) is 13.1 Å². The Morgan fingerprint density at radius 1 is 1.00 bits per heavy atom. The van der Waals surface area contributed by atoms with Crippen molar-refractivity contribution >= 4 is 24.1 Å². The SMILES string of the molecule is [C-]#[N+]c1cc2c(cc1F)-c1cccc(-c3ccccn3)c1[Si]2(C)C. The molecule has 0 amide bonds. The second-order valence-corrected chi connectivity index (χ2v) is 10.8. The number of halogens is 1. The summed E-state index contributed by atoms with van der Waals surface area (Å²) in [4.78, 5) is 7.85. The molecule has 2 heterocycles. The molecule has 0 fully saturated rings. The molecule has 2 aromatic carbocycles. The summed E-state index contributed by atoms with van der Waals surface area (Å²) in [6, 6.07) is 15.3. The minimum Gasteiger partial charge on any atom is -0.256 e. The standard InChI is InChI=1S/C20H15FN2Si/c1-22-18-12-19-15(11-16(18)21)13-7-6-8-14(20(13)24(19,2)3)17-9-4-5-10-23-17/h4-12H,2-3H3. The van der Waals surface area contributed by atoms with E-state index in [-0.39, 0.29) is 5.69 Å². The fourth-order valence-electron chi connectivity index (χ4n) is 3.71. The van der Waals surface area contributed by atoms with Gasteiger partial charge in [-0.1, -0.05) is 48.6 Å². The quantitative estimate of drug-likeness (QED) is 0.482. The number of nitrogens with zero attached hydrogens (tertiary/aromatic N) is 2. The van der Waals surface area contributed by atoms with Crippen LogP contribution < -0.4 is 10.4 Å². The van der Waals surface area contributed by atoms with Gasteiger partial charge in [0, 0.05) is 11.8 Å². The number of pyridine rings is 1. The fraction of sp³-hybridized carbons (Fsp3) is 0.100. The Bertz CT molecular complexity index is 1000. The Kier molecular flexibility index (Phi) is 3.15. The number of rotatable bonds is 1. The molecule has 0 aliphatic carbocycles. The first-order valence-electron chi connectivity index (χ1n) is 7.81. The second kappa shape index (κ2) is 5.12. The van der Waals surface area contributed by atoms with Gasteiger partial charge in [-0.15, -0.1) is 0 Å². The molecule has 1 aliphatic heterocycles. The van der Waals surface area contributed by atoms with Crippen LogP contribution in [0.25, 0.3) is 27.2 Å². The van der Waals surface area contributed by atoms with Crippen molar-refractivity contribution in [2.75, 3.05) is 0 Å². The van der Waals surface area contributed by atoms with Gasteiger partial charge in [-0.05, 0) is 34.5 Å². The highest BCUT2D eigenvalue weighted by Gasteiger charge is 2.40. The lowest BCUT2D eigenvalue weighted by atomic mass is 10.0. The van der Waals surface area contributed by atoms with Gasteiger partial charge in [-0.3, -0.25) is 4.98 Å². The van der Waals surface area contributed by atoms with E-state index >= 15 is 0 Å². The van der Waals surface area contributed by atoms with Gasteiger partial charge in [0.05, 0.1) is 12.3 Å². The van der Waals surface area contributed by atoms with Gasteiger partial charge in [0.15, 0.2) is 0 Å². The normalized spacial score (nSPS) is 13.9. The molecule has 0 spiro atoms. The van der Waals surface area contributed by atoms with Crippen LogP contribution in [0, 0.1) is 12.4 Å². The first-order valence-corrected chi connectivity index (χ1v) is 10.8. The maximum atomic E-state index is 14.2. The van der Waals surface area contributed by atoms with E-state index in [4.69, 9.17) is 6.57 Å². The van der Waals surface area contributed by atoms with E-state index in [2.05, 4.69) is 35.1 Å². The Morgan fingerprint density at radius 2 is 1.79 bits per heavy atom. The van der Waals surface area contributed by atoms with Crippen molar-refractivity contribution in [2.45, 2.75) is 13.1 Å². The number of hydrogen-bond donors (Lipinski definition) is 0. The lowest BCUT2D eigenvalue weighted by Gasteiger charge is -2.22. The Labute approximate surface area is 141 Å². The lowest BCUT2D eigenvalue weighted by molar-refractivity contribution is 0.634. The number of aromatic nitrogens is 1. The molecule has 0 saturated carbocycles. The van der Waals surface area contributed by atoms with Crippen LogP contribution in [0.5, 0.6) is 0 Å². The molecule has 0 saturated heterocycles. The van der Waals surface area contributed by atoms with Crippen molar-refractivity contribution in [3.05, 3.63) is 72.0 Å². The molecular weight excluding hydrogens is 315 g/mol. The van der Waals surface area contributed by atoms with E-state index in [1.807, 2.05) is 24.3 Å². The zero-order chi connectivity index (χ0) is 16.9. The topological polar surface area (TPSA) is 17.2 Å². The van der Waals surface area contributed by atoms with Gasteiger partial charge >= 0.3 is 0 Å². The van der Waals surface area contributed by atoms with E-state index in [1.54, 1.807) is 12.3 Å². The van der Waals surface area contributed by atoms with Crippen LogP contribution in [-0.4, -0.2) is 13.1 Å². The molecule has 2 nitrogen and oxygen atoms in total. The third-order valence-corrected chi connectivity index (χ3v) is 8.35. The molecule has 0 bridgehead atoms. The summed E-state index contributed by atoms with van der Waals surface area (Å²) in [5.41, 5.74) is 4.19. The number of fused-ring (bicyclic) bond motifs is 3. The van der Waals surface area contributed by atoms with Crippen molar-refractivity contribution in [3.8, 4) is 22.4 Å². The van der Waals surface area contributed by atoms with Crippen molar-refractivity contribution in [3.63, 3.8) is 0 Å². The zero-order valence-electron chi connectivity index (χ0n) is 13.5. The van der Waals surface area contributed by atoms with E-state index in [0.29, 0.717) is 0 Å². The molecule has 0 radical (unpaired) electrons. The first kappa shape index (κ1) is 14.8. The van der Waals surface area contributed by atoms with Gasteiger partial charge in [0.2, 0.25) is 5.69 Å². The number of hydrogen-bond acceptors (Lipinski definition) is 1. The summed E-state index contributed by atoms with van der Waals surface area (Å²) in [7, 11) is -2.03. The number of benzene rings is 2. The maximum Gasteiger partial charge on any atom is 0.222 e. The Hall–Kier alpha value is -2.77. The van der Waals surface area contributed by atoms with Crippen LogP contribution in [0.1, 0.15) is 0 Å². The smallest absolute Gasteiger partial charge is 0.222 e. The summed E-state index contributed by atoms with van der Waals surface area (Å²) in [5, 5.41) is 2.41. The van der Waals surface area contributed by atoms with E-state index < -0.39 is 13.9 Å². The maximum absolute atomic E-state index is 14.2. The monoisotopic (exact) mass is 330 g/mol. The van der Waals surface area contributed by atoms with Crippen LogP contribution >= 0.6 is 0 Å². The highest BCUT2D eigenvalue weighted by Crippen LogP contribution is 2.35. The summed E-state index contributed by atoms with van der Waals surface area (Å²) in [6.07, 6.45) is 1.79. The Balaban J connectivity index is 2.05. The molecule has 116 valence electrons. The van der Waals surface area contributed by atoms with Gasteiger partial charge in [-0.25, -0.2) is 9.24 Å². The Morgan fingerprint density at radius 3 is 2.50 bits per heavy atom. The lowest BCUT2D eigenvalue weighted by Crippen LogP contribution is -2.50. The first-order chi connectivity index (χ1) is 11.5.